The van der Waals surface area contributed by atoms with Crippen LogP contribution in [-0.2, 0) is 7.05 Å². The number of benzene rings is 2. The molecule has 0 bridgehead atoms. The zero-order valence-electron chi connectivity index (χ0n) is 11.9. The number of methoxy groups -OCH3 is 1. The molecule has 0 saturated heterocycles. The molecule has 0 N–H and O–H groups in total. The van der Waals surface area contributed by atoms with Crippen molar-refractivity contribution in [2.75, 3.05) is 7.11 Å². The van der Waals surface area contributed by atoms with E-state index in [2.05, 4.69) is 4.98 Å². The summed E-state index contributed by atoms with van der Waals surface area (Å²) in [6.07, 6.45) is 1.58. The number of imidazole rings is 1. The summed E-state index contributed by atoms with van der Waals surface area (Å²) in [5.41, 5.74) is 1.87. The van der Waals surface area contributed by atoms with Gasteiger partial charge in [0.25, 0.3) is 5.69 Å². The topological polar surface area (TPSA) is 70.2 Å². The number of nitrogens with zero attached hydrogens (tertiary/aromatic N) is 3. The minimum absolute atomic E-state index is 0.0883. The fraction of sp³-hybridized carbons (Fsp3) is 0.133. The number of aryl methyl sites for hydroxylation is 1. The van der Waals surface area contributed by atoms with Gasteiger partial charge in [0.15, 0.2) is 11.6 Å². The molecule has 0 fully saturated rings. The van der Waals surface area contributed by atoms with Crippen LogP contribution in [0.15, 0.2) is 36.7 Å². The van der Waals surface area contributed by atoms with E-state index in [0.717, 1.165) is 0 Å². The van der Waals surface area contributed by atoms with Gasteiger partial charge in [-0.05, 0) is 23.8 Å². The highest BCUT2D eigenvalue weighted by Crippen LogP contribution is 2.35. The predicted molar refractivity (Wildman–Crippen MR) is 79.3 cm³/mol. The summed E-state index contributed by atoms with van der Waals surface area (Å²) in [5.74, 6) is -0.485. The second-order valence-corrected chi connectivity index (χ2v) is 4.82. The highest BCUT2D eigenvalue weighted by molar-refractivity contribution is 5.88. The van der Waals surface area contributed by atoms with E-state index >= 15 is 0 Å². The first-order valence-corrected chi connectivity index (χ1v) is 6.44. The molecule has 2 aromatic carbocycles. The molecule has 6 nitrogen and oxygen atoms in total. The van der Waals surface area contributed by atoms with Crippen molar-refractivity contribution in [3.63, 3.8) is 0 Å². The third-order valence-corrected chi connectivity index (χ3v) is 3.50. The molecule has 0 amide bonds. The lowest BCUT2D eigenvalue weighted by atomic mass is 10.0. The number of fused-ring (bicyclic) bond motifs is 1. The molecular formula is C15H12FN3O3. The van der Waals surface area contributed by atoms with Crippen molar-refractivity contribution < 1.29 is 14.1 Å². The summed E-state index contributed by atoms with van der Waals surface area (Å²) >= 11 is 0. The summed E-state index contributed by atoms with van der Waals surface area (Å²) in [5, 5.41) is 11.3. The summed E-state index contributed by atoms with van der Waals surface area (Å²) in [6.45, 7) is 0. The molecule has 0 aliphatic heterocycles. The molecule has 1 heterocycles. The largest absolute Gasteiger partial charge is 0.494 e. The van der Waals surface area contributed by atoms with Gasteiger partial charge in [-0.3, -0.25) is 10.1 Å². The van der Waals surface area contributed by atoms with Crippen molar-refractivity contribution in [2.24, 2.45) is 7.05 Å². The van der Waals surface area contributed by atoms with Gasteiger partial charge in [-0.1, -0.05) is 6.07 Å². The fourth-order valence-corrected chi connectivity index (χ4v) is 2.38. The number of ether oxygens (including phenoxy) is 1. The van der Waals surface area contributed by atoms with Crippen LogP contribution < -0.4 is 4.74 Å². The van der Waals surface area contributed by atoms with Crippen LogP contribution in [0, 0.1) is 15.9 Å². The van der Waals surface area contributed by atoms with Crippen LogP contribution in [0.25, 0.3) is 22.2 Å². The van der Waals surface area contributed by atoms with E-state index < -0.39 is 10.7 Å². The fourth-order valence-electron chi connectivity index (χ4n) is 2.38. The Hall–Kier alpha value is -2.96. The van der Waals surface area contributed by atoms with Gasteiger partial charge in [-0.25, -0.2) is 9.37 Å². The van der Waals surface area contributed by atoms with E-state index in [1.807, 2.05) is 0 Å². The molecule has 1 aromatic heterocycles. The zero-order valence-corrected chi connectivity index (χ0v) is 11.9. The molecule has 3 aromatic rings. The summed E-state index contributed by atoms with van der Waals surface area (Å²) in [7, 11) is 3.12. The molecule has 0 radical (unpaired) electrons. The van der Waals surface area contributed by atoms with Gasteiger partial charge >= 0.3 is 0 Å². The molecule has 112 valence electrons. The van der Waals surface area contributed by atoms with Gasteiger partial charge in [0.2, 0.25) is 0 Å². The van der Waals surface area contributed by atoms with E-state index in [-0.39, 0.29) is 11.4 Å². The van der Waals surface area contributed by atoms with Gasteiger partial charge < -0.3 is 9.30 Å². The van der Waals surface area contributed by atoms with Crippen molar-refractivity contribution >= 4 is 16.7 Å². The van der Waals surface area contributed by atoms with Crippen molar-refractivity contribution in [3.05, 3.63) is 52.6 Å². The van der Waals surface area contributed by atoms with E-state index in [1.165, 1.54) is 25.3 Å². The lowest BCUT2D eigenvalue weighted by Crippen LogP contribution is -1.95. The molecule has 0 unspecified atom stereocenters. The average molecular weight is 301 g/mol. The number of hydrogen-bond acceptors (Lipinski definition) is 4. The molecule has 0 aliphatic carbocycles. The average Bonchev–Trinajstić information content (AvgIpc) is 2.86. The first kappa shape index (κ1) is 14.0. The van der Waals surface area contributed by atoms with Crippen LogP contribution in [0.1, 0.15) is 0 Å². The second-order valence-electron chi connectivity index (χ2n) is 4.82. The van der Waals surface area contributed by atoms with Crippen LogP contribution in [0.3, 0.4) is 0 Å². The Bertz CT molecular complexity index is 889. The van der Waals surface area contributed by atoms with Crippen LogP contribution in [0.4, 0.5) is 10.1 Å². The first-order valence-electron chi connectivity index (χ1n) is 6.44. The highest BCUT2D eigenvalue weighted by atomic mass is 19.1. The summed E-state index contributed by atoms with van der Waals surface area (Å²) < 4.78 is 20.4. The number of aromatic nitrogens is 2. The molecule has 7 heteroatoms. The number of halogens is 1. The Morgan fingerprint density at radius 3 is 2.73 bits per heavy atom. The Balaban J connectivity index is 2.26. The van der Waals surface area contributed by atoms with Crippen molar-refractivity contribution in [3.8, 4) is 16.9 Å². The molecule has 22 heavy (non-hydrogen) atoms. The SMILES string of the molecule is COc1ccc(-c2cc3ncn(C)c3cc2[N+](=O)[O-])cc1F. The van der Waals surface area contributed by atoms with Crippen molar-refractivity contribution in [1.82, 2.24) is 9.55 Å². The van der Waals surface area contributed by atoms with Crippen LogP contribution in [-0.4, -0.2) is 21.6 Å². The number of nitro groups is 1. The summed E-state index contributed by atoms with van der Waals surface area (Å²) in [4.78, 5) is 15.0. The van der Waals surface area contributed by atoms with Gasteiger partial charge in [0, 0.05) is 13.1 Å². The number of rotatable bonds is 3. The third kappa shape index (κ3) is 2.16. The third-order valence-electron chi connectivity index (χ3n) is 3.50. The lowest BCUT2D eigenvalue weighted by Gasteiger charge is -2.07. The van der Waals surface area contributed by atoms with Gasteiger partial charge in [-0.15, -0.1) is 0 Å². The lowest BCUT2D eigenvalue weighted by molar-refractivity contribution is -0.384. The smallest absolute Gasteiger partial charge is 0.279 e. The Kier molecular flexibility index (Phi) is 3.25. The second kappa shape index (κ2) is 5.10. The maximum absolute atomic E-state index is 13.9. The van der Waals surface area contributed by atoms with Crippen molar-refractivity contribution in [1.29, 1.82) is 0 Å². The Morgan fingerprint density at radius 1 is 1.32 bits per heavy atom. The predicted octanol–water partition coefficient (Wildman–Crippen LogP) is 3.30. The quantitative estimate of drug-likeness (QED) is 0.550. The van der Waals surface area contributed by atoms with E-state index in [4.69, 9.17) is 4.74 Å². The van der Waals surface area contributed by atoms with E-state index in [9.17, 15) is 14.5 Å². The molecule has 0 aliphatic rings. The minimum Gasteiger partial charge on any atom is -0.494 e. The molecule has 0 atom stereocenters. The monoisotopic (exact) mass is 301 g/mol. The van der Waals surface area contributed by atoms with Gasteiger partial charge in [-0.2, -0.15) is 0 Å². The zero-order chi connectivity index (χ0) is 15.9. The normalized spacial score (nSPS) is 10.9. The maximum Gasteiger partial charge on any atom is 0.279 e. The maximum atomic E-state index is 13.9. The Morgan fingerprint density at radius 2 is 2.09 bits per heavy atom. The van der Waals surface area contributed by atoms with Gasteiger partial charge in [0.1, 0.15) is 0 Å². The number of nitro benzene ring substituents is 1. The highest BCUT2D eigenvalue weighted by Gasteiger charge is 2.19. The molecule has 3 rings (SSSR count). The standard InChI is InChI=1S/C15H12FN3O3/c1-18-8-17-12-6-10(13(19(20)21)7-14(12)18)9-3-4-15(22-2)11(16)5-9/h3-8H,1-2H3. The van der Waals surface area contributed by atoms with E-state index in [0.29, 0.717) is 22.2 Å². The first-order chi connectivity index (χ1) is 10.5. The minimum atomic E-state index is -0.574. The van der Waals surface area contributed by atoms with Crippen LogP contribution in [0.2, 0.25) is 0 Å². The van der Waals surface area contributed by atoms with Crippen LogP contribution >= 0.6 is 0 Å². The molecular weight excluding hydrogens is 289 g/mol. The molecule has 0 saturated carbocycles. The molecule has 0 spiro atoms. The van der Waals surface area contributed by atoms with E-state index in [1.54, 1.807) is 30.1 Å². The number of hydrogen-bond donors (Lipinski definition) is 0. The van der Waals surface area contributed by atoms with Crippen molar-refractivity contribution in [2.45, 2.75) is 0 Å². The van der Waals surface area contributed by atoms with Crippen LogP contribution in [0.5, 0.6) is 5.75 Å². The Labute approximate surface area is 124 Å². The van der Waals surface area contributed by atoms with Gasteiger partial charge in [0.05, 0.1) is 35.0 Å². The summed E-state index contributed by atoms with van der Waals surface area (Å²) in [6, 6.07) is 7.28.